The maximum absolute atomic E-state index is 10.7. The Kier molecular flexibility index (Phi) is 1.67. The Bertz CT molecular complexity index is 151. The number of nitrogens with two attached hydrogens (primary N) is 1. The number of carbonyl (C=O) groups excluding carboxylic acids is 1. The van der Waals surface area contributed by atoms with Crippen molar-refractivity contribution in [3.05, 3.63) is 12.2 Å². The lowest BCUT2D eigenvalue weighted by molar-refractivity contribution is -0.119. The molecule has 0 heterocycles. The summed E-state index contributed by atoms with van der Waals surface area (Å²) in [5.74, 6) is 0.279. The number of rotatable bonds is 0. The van der Waals surface area contributed by atoms with Crippen molar-refractivity contribution in [3.63, 3.8) is 0 Å². The first-order valence-corrected chi connectivity index (χ1v) is 3.15. The lowest BCUT2D eigenvalue weighted by Crippen LogP contribution is -2.28. The van der Waals surface area contributed by atoms with Gasteiger partial charge in [0.15, 0.2) is 0 Å². The van der Waals surface area contributed by atoms with Crippen molar-refractivity contribution in [2.24, 2.45) is 5.73 Å². The fourth-order valence-electron chi connectivity index (χ4n) is 0.993. The Morgan fingerprint density at radius 3 is 2.78 bits per heavy atom. The molecule has 1 fully saturated rings. The van der Waals surface area contributed by atoms with E-state index in [1.165, 1.54) is 0 Å². The molecule has 0 bridgehead atoms. The minimum Gasteiger partial charge on any atom is -0.324 e. The monoisotopic (exact) mass is 125 g/mol. The van der Waals surface area contributed by atoms with Gasteiger partial charge in [0.2, 0.25) is 0 Å². The van der Waals surface area contributed by atoms with Crippen LogP contribution in [0.25, 0.3) is 0 Å². The van der Waals surface area contributed by atoms with Gasteiger partial charge in [-0.1, -0.05) is 12.2 Å². The molecule has 1 saturated carbocycles. The Morgan fingerprint density at radius 1 is 1.67 bits per heavy atom. The Hall–Kier alpha value is -0.630. The molecular formula is C7H11NO. The zero-order valence-corrected chi connectivity index (χ0v) is 5.39. The van der Waals surface area contributed by atoms with Crippen LogP contribution in [0.5, 0.6) is 0 Å². The SMILES string of the molecule is C=C1CC(=O)CCC1N. The second-order valence-corrected chi connectivity index (χ2v) is 2.52. The zero-order valence-electron chi connectivity index (χ0n) is 5.39. The van der Waals surface area contributed by atoms with Gasteiger partial charge >= 0.3 is 0 Å². The van der Waals surface area contributed by atoms with E-state index in [0.29, 0.717) is 12.8 Å². The maximum Gasteiger partial charge on any atom is 0.137 e. The summed E-state index contributed by atoms with van der Waals surface area (Å²) in [6, 6.07) is 0.0719. The lowest BCUT2D eigenvalue weighted by Gasteiger charge is -2.18. The molecule has 1 rings (SSSR count). The summed E-state index contributed by atoms with van der Waals surface area (Å²) in [6.07, 6.45) is 1.93. The van der Waals surface area contributed by atoms with E-state index in [4.69, 9.17) is 5.73 Å². The molecule has 2 heteroatoms. The van der Waals surface area contributed by atoms with Crippen LogP contribution in [0.4, 0.5) is 0 Å². The van der Waals surface area contributed by atoms with E-state index in [1.807, 2.05) is 0 Å². The summed E-state index contributed by atoms with van der Waals surface area (Å²) in [7, 11) is 0. The van der Waals surface area contributed by atoms with Crippen molar-refractivity contribution in [3.8, 4) is 0 Å². The molecule has 0 aliphatic heterocycles. The van der Waals surface area contributed by atoms with Crippen LogP contribution < -0.4 is 5.73 Å². The first-order chi connectivity index (χ1) is 4.20. The second kappa shape index (κ2) is 2.31. The smallest absolute Gasteiger partial charge is 0.137 e. The van der Waals surface area contributed by atoms with Crippen LogP contribution in [0, 0.1) is 0 Å². The van der Waals surface area contributed by atoms with E-state index in [-0.39, 0.29) is 11.8 Å². The average molecular weight is 125 g/mol. The zero-order chi connectivity index (χ0) is 6.85. The number of ketones is 1. The van der Waals surface area contributed by atoms with Crippen LogP contribution in [-0.4, -0.2) is 11.8 Å². The molecule has 0 saturated heterocycles. The predicted molar refractivity (Wildman–Crippen MR) is 36.0 cm³/mol. The third kappa shape index (κ3) is 1.39. The van der Waals surface area contributed by atoms with E-state index in [0.717, 1.165) is 12.0 Å². The lowest BCUT2D eigenvalue weighted by atomic mass is 9.91. The topological polar surface area (TPSA) is 43.1 Å². The van der Waals surface area contributed by atoms with Crippen LogP contribution in [0.15, 0.2) is 12.2 Å². The summed E-state index contributed by atoms with van der Waals surface area (Å²) in [5.41, 5.74) is 6.48. The number of carbonyl (C=O) groups is 1. The molecule has 1 aliphatic carbocycles. The van der Waals surface area contributed by atoms with Crippen LogP contribution in [-0.2, 0) is 4.79 Å². The molecular weight excluding hydrogens is 114 g/mol. The van der Waals surface area contributed by atoms with Crippen molar-refractivity contribution in [2.75, 3.05) is 0 Å². The molecule has 0 amide bonds. The fourth-order valence-corrected chi connectivity index (χ4v) is 0.993. The molecule has 1 unspecified atom stereocenters. The summed E-state index contributed by atoms with van der Waals surface area (Å²) >= 11 is 0. The fraction of sp³-hybridized carbons (Fsp3) is 0.571. The van der Waals surface area contributed by atoms with Crippen molar-refractivity contribution in [1.29, 1.82) is 0 Å². The number of Topliss-reactive ketones (excluding diaryl/α,β-unsaturated/α-hetero) is 1. The van der Waals surface area contributed by atoms with Crippen molar-refractivity contribution >= 4 is 5.78 Å². The molecule has 0 radical (unpaired) electrons. The van der Waals surface area contributed by atoms with Crippen molar-refractivity contribution < 1.29 is 4.79 Å². The first kappa shape index (κ1) is 6.49. The molecule has 9 heavy (non-hydrogen) atoms. The van der Waals surface area contributed by atoms with E-state index in [1.54, 1.807) is 0 Å². The van der Waals surface area contributed by atoms with Crippen LogP contribution in [0.2, 0.25) is 0 Å². The summed E-state index contributed by atoms with van der Waals surface area (Å²) in [5, 5.41) is 0. The van der Waals surface area contributed by atoms with Crippen molar-refractivity contribution in [1.82, 2.24) is 0 Å². The van der Waals surface area contributed by atoms with Crippen LogP contribution in [0.3, 0.4) is 0 Å². The predicted octanol–water partition coefficient (Wildman–Crippen LogP) is 0.623. The highest BCUT2D eigenvalue weighted by atomic mass is 16.1. The van der Waals surface area contributed by atoms with Crippen LogP contribution in [0.1, 0.15) is 19.3 Å². The minimum atomic E-state index is 0.0719. The Morgan fingerprint density at radius 2 is 2.33 bits per heavy atom. The summed E-state index contributed by atoms with van der Waals surface area (Å²) < 4.78 is 0. The largest absolute Gasteiger partial charge is 0.324 e. The van der Waals surface area contributed by atoms with Crippen molar-refractivity contribution in [2.45, 2.75) is 25.3 Å². The summed E-state index contributed by atoms with van der Waals surface area (Å²) in [6.45, 7) is 3.70. The standard InChI is InChI=1S/C7H11NO/c1-5-4-6(9)2-3-7(5)8/h7H,1-4,8H2. The second-order valence-electron chi connectivity index (χ2n) is 2.52. The quantitative estimate of drug-likeness (QED) is 0.482. The molecule has 0 aromatic rings. The molecule has 0 spiro atoms. The van der Waals surface area contributed by atoms with E-state index in [9.17, 15) is 4.79 Å². The minimum absolute atomic E-state index is 0.0719. The Balaban J connectivity index is 2.54. The number of hydrogen-bond acceptors (Lipinski definition) is 2. The van der Waals surface area contributed by atoms with Gasteiger partial charge in [-0.25, -0.2) is 0 Å². The average Bonchev–Trinajstić information content (AvgIpc) is 1.80. The van der Waals surface area contributed by atoms with Gasteiger partial charge in [-0.05, 0) is 6.42 Å². The van der Waals surface area contributed by atoms with E-state index in [2.05, 4.69) is 6.58 Å². The maximum atomic E-state index is 10.7. The first-order valence-electron chi connectivity index (χ1n) is 3.15. The molecule has 0 aromatic heterocycles. The molecule has 2 nitrogen and oxygen atoms in total. The van der Waals surface area contributed by atoms with Gasteiger partial charge in [0.1, 0.15) is 5.78 Å². The Labute approximate surface area is 54.7 Å². The van der Waals surface area contributed by atoms with Gasteiger partial charge in [-0.2, -0.15) is 0 Å². The van der Waals surface area contributed by atoms with Crippen LogP contribution >= 0.6 is 0 Å². The summed E-state index contributed by atoms with van der Waals surface area (Å²) in [4.78, 5) is 10.7. The third-order valence-corrected chi connectivity index (χ3v) is 1.68. The van der Waals surface area contributed by atoms with E-state index >= 15 is 0 Å². The highest BCUT2D eigenvalue weighted by molar-refractivity contribution is 5.82. The number of hydrogen-bond donors (Lipinski definition) is 1. The molecule has 0 aromatic carbocycles. The molecule has 1 aliphatic rings. The van der Waals surface area contributed by atoms with E-state index < -0.39 is 0 Å². The van der Waals surface area contributed by atoms with Gasteiger partial charge < -0.3 is 5.73 Å². The van der Waals surface area contributed by atoms with Gasteiger partial charge in [-0.15, -0.1) is 0 Å². The normalized spacial score (nSPS) is 28.8. The van der Waals surface area contributed by atoms with Gasteiger partial charge in [-0.3, -0.25) is 4.79 Å². The molecule has 50 valence electrons. The molecule has 2 N–H and O–H groups in total. The van der Waals surface area contributed by atoms with Gasteiger partial charge in [0, 0.05) is 18.9 Å². The third-order valence-electron chi connectivity index (χ3n) is 1.68. The van der Waals surface area contributed by atoms with Gasteiger partial charge in [0.25, 0.3) is 0 Å². The highest BCUT2D eigenvalue weighted by Crippen LogP contribution is 2.16. The highest BCUT2D eigenvalue weighted by Gasteiger charge is 2.17. The van der Waals surface area contributed by atoms with Gasteiger partial charge in [0.05, 0.1) is 0 Å². The molecule has 1 atom stereocenters.